The largest absolute Gasteiger partial charge is 0.374 e. The Balaban J connectivity index is 1.97. The molecule has 1 fully saturated rings. The maximum absolute atomic E-state index is 11.6. The molecular weight excluding hydrogens is 240 g/mol. The topological polar surface area (TPSA) is 64.3 Å². The lowest BCUT2D eigenvalue weighted by Gasteiger charge is -2.27. The molecule has 0 radical (unpaired) electrons. The van der Waals surface area contributed by atoms with E-state index >= 15 is 0 Å². The molecule has 2 unspecified atom stereocenters. The summed E-state index contributed by atoms with van der Waals surface area (Å²) in [5.74, 6) is 5.66. The predicted octanol–water partition coefficient (Wildman–Crippen LogP) is 2.39. The maximum atomic E-state index is 11.6. The fourth-order valence-corrected chi connectivity index (χ4v) is 2.68. The molecule has 0 saturated heterocycles. The number of carbonyl (C=O) groups excluding carboxylic acids is 1. The summed E-state index contributed by atoms with van der Waals surface area (Å²) in [6.45, 7) is 2.74. The smallest absolute Gasteiger partial charge is 0.265 e. The summed E-state index contributed by atoms with van der Waals surface area (Å²) in [5.41, 5.74) is 3.66. The number of hydrazine groups is 1. The van der Waals surface area contributed by atoms with E-state index in [0.29, 0.717) is 18.3 Å². The average Bonchev–Trinajstić information content (AvgIpc) is 2.45. The molecule has 2 rings (SSSR count). The Morgan fingerprint density at radius 2 is 2.21 bits per heavy atom. The minimum Gasteiger partial charge on any atom is -0.374 e. The number of amides is 1. The van der Waals surface area contributed by atoms with Crippen molar-refractivity contribution in [3.63, 3.8) is 0 Å². The predicted molar refractivity (Wildman–Crippen MR) is 74.3 cm³/mol. The highest BCUT2D eigenvalue weighted by molar-refractivity contribution is 5.95. The first kappa shape index (κ1) is 14.0. The molecular formula is C15H22N2O2. The van der Waals surface area contributed by atoms with Crippen molar-refractivity contribution in [2.45, 2.75) is 45.3 Å². The van der Waals surface area contributed by atoms with Gasteiger partial charge < -0.3 is 4.74 Å². The van der Waals surface area contributed by atoms with Crippen LogP contribution < -0.4 is 11.3 Å². The van der Waals surface area contributed by atoms with Gasteiger partial charge >= 0.3 is 0 Å². The fraction of sp³-hybridized carbons (Fsp3) is 0.533. The summed E-state index contributed by atoms with van der Waals surface area (Å²) in [6.07, 6.45) is 5.08. The zero-order valence-corrected chi connectivity index (χ0v) is 11.4. The first-order valence-corrected chi connectivity index (χ1v) is 6.91. The van der Waals surface area contributed by atoms with Crippen molar-refractivity contribution >= 4 is 5.91 Å². The van der Waals surface area contributed by atoms with E-state index in [9.17, 15) is 4.79 Å². The van der Waals surface area contributed by atoms with Gasteiger partial charge in [0.05, 0.1) is 12.7 Å². The van der Waals surface area contributed by atoms with Gasteiger partial charge in [-0.3, -0.25) is 10.2 Å². The van der Waals surface area contributed by atoms with Crippen LogP contribution in [-0.2, 0) is 11.3 Å². The summed E-state index contributed by atoms with van der Waals surface area (Å²) in [7, 11) is 0. The Labute approximate surface area is 114 Å². The van der Waals surface area contributed by atoms with Gasteiger partial charge in [-0.15, -0.1) is 0 Å². The second-order valence-corrected chi connectivity index (χ2v) is 5.34. The first-order valence-electron chi connectivity index (χ1n) is 6.91. The van der Waals surface area contributed by atoms with Gasteiger partial charge in [-0.25, -0.2) is 5.84 Å². The third-order valence-electron chi connectivity index (χ3n) is 3.76. The third kappa shape index (κ3) is 3.78. The van der Waals surface area contributed by atoms with E-state index in [1.165, 1.54) is 12.8 Å². The summed E-state index contributed by atoms with van der Waals surface area (Å²) < 4.78 is 5.95. The van der Waals surface area contributed by atoms with Crippen LogP contribution in [0, 0.1) is 5.92 Å². The monoisotopic (exact) mass is 262 g/mol. The molecule has 1 aliphatic rings. The number of hydrogen-bond acceptors (Lipinski definition) is 3. The lowest BCUT2D eigenvalue weighted by Crippen LogP contribution is -2.31. The number of nitrogen functional groups attached to an aromatic ring is 1. The average molecular weight is 262 g/mol. The van der Waals surface area contributed by atoms with E-state index in [-0.39, 0.29) is 5.91 Å². The van der Waals surface area contributed by atoms with Gasteiger partial charge in [0.15, 0.2) is 0 Å². The van der Waals surface area contributed by atoms with Gasteiger partial charge in [0.2, 0.25) is 0 Å². The van der Waals surface area contributed by atoms with E-state index in [2.05, 4.69) is 12.3 Å². The van der Waals surface area contributed by atoms with Crippen LogP contribution >= 0.6 is 0 Å². The highest BCUT2D eigenvalue weighted by Gasteiger charge is 2.20. The number of benzene rings is 1. The SMILES string of the molecule is CC1CCCC(OCc2ccccc2C(=O)NN)C1. The van der Waals surface area contributed by atoms with Gasteiger partial charge in [-0.05, 0) is 30.4 Å². The fourth-order valence-electron chi connectivity index (χ4n) is 2.68. The number of nitrogens with two attached hydrogens (primary N) is 1. The molecule has 4 heteroatoms. The Hall–Kier alpha value is -1.39. The van der Waals surface area contributed by atoms with Crippen molar-refractivity contribution in [1.29, 1.82) is 0 Å². The van der Waals surface area contributed by atoms with Crippen LogP contribution in [0.5, 0.6) is 0 Å². The van der Waals surface area contributed by atoms with Crippen molar-refractivity contribution < 1.29 is 9.53 Å². The first-order chi connectivity index (χ1) is 9.20. The van der Waals surface area contributed by atoms with Crippen molar-refractivity contribution in [1.82, 2.24) is 5.43 Å². The highest BCUT2D eigenvalue weighted by atomic mass is 16.5. The van der Waals surface area contributed by atoms with Crippen LogP contribution in [0.25, 0.3) is 0 Å². The van der Waals surface area contributed by atoms with Gasteiger partial charge in [0.25, 0.3) is 5.91 Å². The molecule has 0 heterocycles. The zero-order chi connectivity index (χ0) is 13.7. The number of hydrogen-bond donors (Lipinski definition) is 2. The van der Waals surface area contributed by atoms with Crippen LogP contribution in [0.2, 0.25) is 0 Å². The summed E-state index contributed by atoms with van der Waals surface area (Å²) >= 11 is 0. The molecule has 4 nitrogen and oxygen atoms in total. The van der Waals surface area contributed by atoms with E-state index in [0.717, 1.165) is 24.3 Å². The van der Waals surface area contributed by atoms with Crippen LogP contribution in [0.1, 0.15) is 48.5 Å². The van der Waals surface area contributed by atoms with Crippen LogP contribution in [-0.4, -0.2) is 12.0 Å². The third-order valence-corrected chi connectivity index (χ3v) is 3.76. The quantitative estimate of drug-likeness (QED) is 0.497. The van der Waals surface area contributed by atoms with Crippen molar-refractivity contribution in [3.05, 3.63) is 35.4 Å². The number of nitrogens with one attached hydrogen (secondary N) is 1. The normalized spacial score (nSPS) is 23.1. The van der Waals surface area contributed by atoms with Gasteiger partial charge in [-0.1, -0.05) is 38.0 Å². The molecule has 104 valence electrons. The molecule has 1 aliphatic carbocycles. The molecule has 1 saturated carbocycles. The molecule has 19 heavy (non-hydrogen) atoms. The van der Waals surface area contributed by atoms with E-state index in [1.807, 2.05) is 18.2 Å². The second kappa shape index (κ2) is 6.68. The second-order valence-electron chi connectivity index (χ2n) is 5.34. The van der Waals surface area contributed by atoms with Crippen LogP contribution in [0.4, 0.5) is 0 Å². The van der Waals surface area contributed by atoms with E-state index in [1.54, 1.807) is 6.07 Å². The van der Waals surface area contributed by atoms with Crippen LogP contribution in [0.3, 0.4) is 0 Å². The number of ether oxygens (including phenoxy) is 1. The van der Waals surface area contributed by atoms with E-state index < -0.39 is 0 Å². The molecule has 1 aromatic rings. The van der Waals surface area contributed by atoms with Crippen molar-refractivity contribution in [2.24, 2.45) is 11.8 Å². The van der Waals surface area contributed by atoms with Crippen molar-refractivity contribution in [2.75, 3.05) is 0 Å². The Morgan fingerprint density at radius 3 is 2.95 bits per heavy atom. The molecule has 2 atom stereocenters. The van der Waals surface area contributed by atoms with Crippen molar-refractivity contribution in [3.8, 4) is 0 Å². The Bertz CT molecular complexity index is 434. The minimum atomic E-state index is -0.267. The lowest BCUT2D eigenvalue weighted by molar-refractivity contribution is 0.00437. The van der Waals surface area contributed by atoms with Crippen LogP contribution in [0.15, 0.2) is 24.3 Å². The molecule has 0 spiro atoms. The number of rotatable bonds is 4. The molecule has 0 aliphatic heterocycles. The number of carbonyl (C=O) groups is 1. The molecule has 3 N–H and O–H groups in total. The van der Waals surface area contributed by atoms with E-state index in [4.69, 9.17) is 10.6 Å². The lowest BCUT2D eigenvalue weighted by atomic mass is 9.89. The minimum absolute atomic E-state index is 0.267. The summed E-state index contributed by atoms with van der Waals surface area (Å²) in [6, 6.07) is 7.42. The standard InChI is InChI=1S/C15H22N2O2/c1-11-5-4-7-13(9-11)19-10-12-6-2-3-8-14(12)15(18)17-16/h2-3,6,8,11,13H,4-5,7,9-10,16H2,1H3,(H,17,18). The maximum Gasteiger partial charge on any atom is 0.265 e. The summed E-state index contributed by atoms with van der Waals surface area (Å²) in [5, 5.41) is 0. The molecule has 1 aromatic carbocycles. The zero-order valence-electron chi connectivity index (χ0n) is 11.4. The Morgan fingerprint density at radius 1 is 1.42 bits per heavy atom. The van der Waals surface area contributed by atoms with Gasteiger partial charge in [-0.2, -0.15) is 0 Å². The highest BCUT2D eigenvalue weighted by Crippen LogP contribution is 2.26. The molecule has 1 amide bonds. The molecule has 0 bridgehead atoms. The van der Waals surface area contributed by atoms with Gasteiger partial charge in [0, 0.05) is 5.56 Å². The Kier molecular flexibility index (Phi) is 4.93. The summed E-state index contributed by atoms with van der Waals surface area (Å²) in [4.78, 5) is 11.6. The molecule has 0 aromatic heterocycles. The van der Waals surface area contributed by atoms with Gasteiger partial charge in [0.1, 0.15) is 0 Å².